The van der Waals surface area contributed by atoms with E-state index in [2.05, 4.69) is 27.4 Å². The van der Waals surface area contributed by atoms with E-state index >= 15 is 0 Å². The molecule has 4 aromatic rings. The molecule has 0 radical (unpaired) electrons. The Morgan fingerprint density at radius 2 is 1.80 bits per heavy atom. The second-order valence-corrected chi connectivity index (χ2v) is 7.55. The number of hydrogen-bond acceptors (Lipinski definition) is 5. The quantitative estimate of drug-likeness (QED) is 0.446. The van der Waals surface area contributed by atoms with Crippen molar-refractivity contribution >= 4 is 23.4 Å². The number of carbonyl (C=O) groups excluding carboxylic acids is 1. The number of aryl methyl sites for hydroxylation is 1. The summed E-state index contributed by atoms with van der Waals surface area (Å²) in [6, 6.07) is 21.6. The van der Waals surface area contributed by atoms with E-state index in [0.29, 0.717) is 11.0 Å². The van der Waals surface area contributed by atoms with Crippen molar-refractivity contribution in [1.29, 1.82) is 0 Å². The summed E-state index contributed by atoms with van der Waals surface area (Å²) in [6.07, 6.45) is 4.38. The zero-order valence-corrected chi connectivity index (χ0v) is 17.3. The van der Waals surface area contributed by atoms with Gasteiger partial charge in [-0.05, 0) is 48.4 Å². The Morgan fingerprint density at radius 1 is 1.00 bits per heavy atom. The first kappa shape index (κ1) is 19.8. The van der Waals surface area contributed by atoms with E-state index in [1.165, 1.54) is 17.3 Å². The van der Waals surface area contributed by atoms with Gasteiger partial charge in [0.1, 0.15) is 0 Å². The lowest BCUT2D eigenvalue weighted by Gasteiger charge is -2.10. The van der Waals surface area contributed by atoms with Crippen LogP contribution in [0.5, 0.6) is 0 Å². The predicted molar refractivity (Wildman–Crippen MR) is 120 cm³/mol. The van der Waals surface area contributed by atoms with Crippen molar-refractivity contribution < 1.29 is 4.79 Å². The fourth-order valence-corrected chi connectivity index (χ4v) is 3.81. The highest BCUT2D eigenvalue weighted by molar-refractivity contribution is 7.99. The van der Waals surface area contributed by atoms with Gasteiger partial charge in [-0.3, -0.25) is 14.3 Å². The van der Waals surface area contributed by atoms with Crippen LogP contribution in [0.4, 0.5) is 5.69 Å². The Morgan fingerprint density at radius 3 is 2.57 bits per heavy atom. The smallest absolute Gasteiger partial charge is 0.234 e. The van der Waals surface area contributed by atoms with E-state index in [9.17, 15) is 4.79 Å². The summed E-state index contributed by atoms with van der Waals surface area (Å²) in [4.78, 5) is 16.6. The molecule has 2 heterocycles. The first-order chi connectivity index (χ1) is 14.7. The highest BCUT2D eigenvalue weighted by atomic mass is 32.2. The number of carbonyl (C=O) groups is 1. The molecule has 4 rings (SSSR count). The van der Waals surface area contributed by atoms with Crippen LogP contribution in [0.1, 0.15) is 12.5 Å². The number of aromatic nitrogens is 4. The Bertz CT molecular complexity index is 1130. The molecule has 0 unspecified atom stereocenters. The van der Waals surface area contributed by atoms with Gasteiger partial charge in [0.2, 0.25) is 5.91 Å². The van der Waals surface area contributed by atoms with Gasteiger partial charge < -0.3 is 5.32 Å². The van der Waals surface area contributed by atoms with Gasteiger partial charge in [0, 0.05) is 29.3 Å². The molecule has 0 aliphatic heterocycles. The molecule has 0 saturated heterocycles. The maximum absolute atomic E-state index is 12.5. The van der Waals surface area contributed by atoms with Gasteiger partial charge in [0.05, 0.1) is 5.75 Å². The average molecular weight is 416 g/mol. The largest absolute Gasteiger partial charge is 0.325 e. The molecule has 0 atom stereocenters. The number of pyridine rings is 1. The molecule has 1 N–H and O–H groups in total. The van der Waals surface area contributed by atoms with Gasteiger partial charge in [-0.15, -0.1) is 10.2 Å². The molecule has 2 aromatic carbocycles. The number of thioether (sulfide) groups is 1. The lowest BCUT2D eigenvalue weighted by molar-refractivity contribution is -0.113. The molecule has 0 bridgehead atoms. The number of nitrogens with zero attached hydrogens (tertiary/aromatic N) is 4. The molecule has 30 heavy (non-hydrogen) atoms. The Labute approximate surface area is 179 Å². The third-order valence-electron chi connectivity index (χ3n) is 4.54. The second-order valence-electron chi connectivity index (χ2n) is 6.60. The minimum Gasteiger partial charge on any atom is -0.325 e. The van der Waals surface area contributed by atoms with Crippen LogP contribution in [0.25, 0.3) is 17.1 Å². The SMILES string of the molecule is CCc1cccc(NC(=O)CSc2nnc(-c3ccncc3)n2-c2ccccc2)c1. The fourth-order valence-electron chi connectivity index (χ4n) is 3.06. The van der Waals surface area contributed by atoms with Crippen LogP contribution in [0.2, 0.25) is 0 Å². The Hall–Kier alpha value is -3.45. The molecule has 7 heteroatoms. The summed E-state index contributed by atoms with van der Waals surface area (Å²) in [6.45, 7) is 2.09. The van der Waals surface area contributed by atoms with Crippen molar-refractivity contribution in [2.45, 2.75) is 18.5 Å². The van der Waals surface area contributed by atoms with Crippen LogP contribution in [0, 0.1) is 0 Å². The molecule has 150 valence electrons. The van der Waals surface area contributed by atoms with E-state index in [1.807, 2.05) is 71.3 Å². The van der Waals surface area contributed by atoms with Gasteiger partial charge in [0.25, 0.3) is 0 Å². The van der Waals surface area contributed by atoms with Crippen molar-refractivity contribution in [2.75, 3.05) is 11.1 Å². The molecule has 6 nitrogen and oxygen atoms in total. The first-order valence-corrected chi connectivity index (χ1v) is 10.7. The maximum Gasteiger partial charge on any atom is 0.234 e. The van der Waals surface area contributed by atoms with Crippen LogP contribution in [-0.4, -0.2) is 31.4 Å². The Balaban J connectivity index is 1.55. The number of para-hydroxylation sites is 1. The minimum atomic E-state index is -0.0821. The van der Waals surface area contributed by atoms with Gasteiger partial charge in [0.15, 0.2) is 11.0 Å². The molecule has 2 aromatic heterocycles. The molecule has 0 spiro atoms. The predicted octanol–water partition coefficient (Wildman–Crippen LogP) is 4.62. The third-order valence-corrected chi connectivity index (χ3v) is 5.47. The molecule has 0 aliphatic carbocycles. The summed E-state index contributed by atoms with van der Waals surface area (Å²) in [7, 11) is 0. The summed E-state index contributed by atoms with van der Waals surface area (Å²) in [5.41, 5.74) is 3.84. The second kappa shape index (κ2) is 9.37. The zero-order chi connectivity index (χ0) is 20.8. The molecular weight excluding hydrogens is 394 g/mol. The van der Waals surface area contributed by atoms with Crippen LogP contribution in [0.15, 0.2) is 84.3 Å². The monoisotopic (exact) mass is 415 g/mol. The van der Waals surface area contributed by atoms with Gasteiger partial charge in [-0.1, -0.05) is 49.0 Å². The van der Waals surface area contributed by atoms with Crippen molar-refractivity contribution in [1.82, 2.24) is 19.7 Å². The van der Waals surface area contributed by atoms with Gasteiger partial charge in [-0.25, -0.2) is 0 Å². The van der Waals surface area contributed by atoms with Crippen molar-refractivity contribution in [2.24, 2.45) is 0 Å². The lowest BCUT2D eigenvalue weighted by Crippen LogP contribution is -2.14. The van der Waals surface area contributed by atoms with Crippen molar-refractivity contribution in [3.8, 4) is 17.1 Å². The van der Waals surface area contributed by atoms with E-state index in [0.717, 1.165) is 23.4 Å². The number of rotatable bonds is 7. The minimum absolute atomic E-state index is 0.0821. The molecule has 0 fully saturated rings. The fraction of sp³-hybridized carbons (Fsp3) is 0.130. The van der Waals surface area contributed by atoms with E-state index < -0.39 is 0 Å². The van der Waals surface area contributed by atoms with Gasteiger partial charge >= 0.3 is 0 Å². The number of nitrogens with one attached hydrogen (secondary N) is 1. The van der Waals surface area contributed by atoms with Gasteiger partial charge in [-0.2, -0.15) is 0 Å². The van der Waals surface area contributed by atoms with E-state index in [1.54, 1.807) is 12.4 Å². The van der Waals surface area contributed by atoms with Crippen LogP contribution >= 0.6 is 11.8 Å². The van der Waals surface area contributed by atoms with Crippen molar-refractivity contribution in [3.63, 3.8) is 0 Å². The highest BCUT2D eigenvalue weighted by Gasteiger charge is 2.17. The normalized spacial score (nSPS) is 10.7. The summed E-state index contributed by atoms with van der Waals surface area (Å²) in [5, 5.41) is 12.3. The molecule has 0 aliphatic rings. The third kappa shape index (κ3) is 4.58. The van der Waals surface area contributed by atoms with Crippen LogP contribution in [0.3, 0.4) is 0 Å². The van der Waals surface area contributed by atoms with Crippen LogP contribution in [-0.2, 0) is 11.2 Å². The standard InChI is InChI=1S/C23H21N5OS/c1-2-17-7-6-8-19(15-17)25-21(29)16-30-23-27-26-22(18-11-13-24-14-12-18)28(23)20-9-4-3-5-10-20/h3-15H,2,16H2,1H3,(H,25,29). The van der Waals surface area contributed by atoms with Crippen molar-refractivity contribution in [3.05, 3.63) is 84.7 Å². The number of benzene rings is 2. The number of anilines is 1. The summed E-state index contributed by atoms with van der Waals surface area (Å²) < 4.78 is 1.96. The summed E-state index contributed by atoms with van der Waals surface area (Å²) in [5.74, 6) is 0.862. The molecule has 1 amide bonds. The zero-order valence-electron chi connectivity index (χ0n) is 16.5. The number of amides is 1. The number of hydrogen-bond donors (Lipinski definition) is 1. The van der Waals surface area contributed by atoms with Crippen LogP contribution < -0.4 is 5.32 Å². The van der Waals surface area contributed by atoms with E-state index in [-0.39, 0.29) is 11.7 Å². The maximum atomic E-state index is 12.5. The molecule has 0 saturated carbocycles. The first-order valence-electron chi connectivity index (χ1n) is 9.67. The lowest BCUT2D eigenvalue weighted by atomic mass is 10.1. The molecular formula is C23H21N5OS. The summed E-state index contributed by atoms with van der Waals surface area (Å²) >= 11 is 1.36. The highest BCUT2D eigenvalue weighted by Crippen LogP contribution is 2.27. The van der Waals surface area contributed by atoms with E-state index in [4.69, 9.17) is 0 Å². The average Bonchev–Trinajstić information content (AvgIpc) is 3.23. The topological polar surface area (TPSA) is 72.7 Å². The Kier molecular flexibility index (Phi) is 6.20.